The number of aromatic nitrogens is 2. The number of para-hydroxylation sites is 1. The second-order valence-corrected chi connectivity index (χ2v) is 6.31. The van der Waals surface area contributed by atoms with Crippen molar-refractivity contribution in [2.45, 2.75) is 33.1 Å². The van der Waals surface area contributed by atoms with Crippen LogP contribution in [-0.2, 0) is 12.8 Å². The number of rotatable bonds is 4. The van der Waals surface area contributed by atoms with Crippen LogP contribution in [0.5, 0.6) is 0 Å². The van der Waals surface area contributed by atoms with E-state index in [0.717, 1.165) is 62.5 Å². The average molecular weight is 335 g/mol. The number of benzene rings is 1. The van der Waals surface area contributed by atoms with Crippen LogP contribution in [0.2, 0.25) is 0 Å². The molecule has 1 aliphatic rings. The Morgan fingerprint density at radius 3 is 2.36 bits per heavy atom. The molecule has 0 atom stereocenters. The molecule has 1 aromatic carbocycles. The first-order valence-corrected chi connectivity index (χ1v) is 9.11. The van der Waals surface area contributed by atoms with Gasteiger partial charge in [-0.15, -0.1) is 5.10 Å². The number of aryl methyl sites for hydroxylation is 1. The minimum atomic E-state index is 0.711. The van der Waals surface area contributed by atoms with E-state index in [1.807, 2.05) is 6.07 Å². The SMILES string of the molecule is CCc1nnc(N2CCCN(c3ccccc3)CC2)c(C#N)c1CC. The molecule has 3 rings (SSSR count). The van der Waals surface area contributed by atoms with E-state index in [4.69, 9.17) is 0 Å². The van der Waals surface area contributed by atoms with Crippen molar-refractivity contribution in [2.75, 3.05) is 36.0 Å². The Labute approximate surface area is 149 Å². The summed E-state index contributed by atoms with van der Waals surface area (Å²) < 4.78 is 0. The molecule has 0 N–H and O–H groups in total. The normalized spacial score (nSPS) is 14.9. The Bertz CT molecular complexity index is 751. The Morgan fingerprint density at radius 1 is 0.960 bits per heavy atom. The topological polar surface area (TPSA) is 56.1 Å². The number of hydrogen-bond acceptors (Lipinski definition) is 5. The predicted octanol–water partition coefficient (Wildman–Crippen LogP) is 3.19. The first kappa shape index (κ1) is 17.2. The zero-order valence-electron chi connectivity index (χ0n) is 15.1. The molecule has 5 heteroatoms. The fraction of sp³-hybridized carbons (Fsp3) is 0.450. The highest BCUT2D eigenvalue weighted by Crippen LogP contribution is 2.25. The second-order valence-electron chi connectivity index (χ2n) is 6.31. The summed E-state index contributed by atoms with van der Waals surface area (Å²) in [6.07, 6.45) is 2.67. The maximum atomic E-state index is 9.73. The predicted molar refractivity (Wildman–Crippen MR) is 101 cm³/mol. The lowest BCUT2D eigenvalue weighted by atomic mass is 10.0. The van der Waals surface area contributed by atoms with Crippen LogP contribution in [0.4, 0.5) is 11.5 Å². The summed E-state index contributed by atoms with van der Waals surface area (Å²) in [4.78, 5) is 4.63. The van der Waals surface area contributed by atoms with Gasteiger partial charge in [0.2, 0.25) is 0 Å². The third-order valence-electron chi connectivity index (χ3n) is 4.86. The molecule has 0 saturated carbocycles. The molecule has 5 nitrogen and oxygen atoms in total. The van der Waals surface area contributed by atoms with E-state index in [1.165, 1.54) is 5.69 Å². The monoisotopic (exact) mass is 335 g/mol. The molecule has 0 aliphatic carbocycles. The van der Waals surface area contributed by atoms with E-state index in [2.05, 4.69) is 64.2 Å². The van der Waals surface area contributed by atoms with Gasteiger partial charge >= 0.3 is 0 Å². The summed E-state index contributed by atoms with van der Waals surface area (Å²) in [7, 11) is 0. The molecular weight excluding hydrogens is 310 g/mol. The van der Waals surface area contributed by atoms with Crippen molar-refractivity contribution in [3.8, 4) is 6.07 Å². The fourth-order valence-electron chi connectivity index (χ4n) is 3.53. The Kier molecular flexibility index (Phi) is 5.49. The van der Waals surface area contributed by atoms with Crippen LogP contribution >= 0.6 is 0 Å². The first-order valence-electron chi connectivity index (χ1n) is 9.11. The highest BCUT2D eigenvalue weighted by Gasteiger charge is 2.22. The second kappa shape index (κ2) is 7.98. The molecule has 0 amide bonds. The third kappa shape index (κ3) is 3.58. The van der Waals surface area contributed by atoms with Gasteiger partial charge in [0.15, 0.2) is 5.82 Å². The molecule has 25 heavy (non-hydrogen) atoms. The standard InChI is InChI=1S/C20H25N5/c1-3-17-18(15-21)20(23-22-19(17)4-2)25-12-8-11-24(13-14-25)16-9-6-5-7-10-16/h5-7,9-10H,3-4,8,11-14H2,1-2H3. The molecule has 0 unspecified atom stereocenters. The van der Waals surface area contributed by atoms with Gasteiger partial charge in [-0.2, -0.15) is 10.4 Å². The van der Waals surface area contributed by atoms with Crippen LogP contribution in [-0.4, -0.2) is 36.4 Å². The summed E-state index contributed by atoms with van der Waals surface area (Å²) >= 11 is 0. The van der Waals surface area contributed by atoms with Crippen LogP contribution in [0, 0.1) is 11.3 Å². The van der Waals surface area contributed by atoms with E-state index in [0.29, 0.717) is 5.56 Å². The van der Waals surface area contributed by atoms with Gasteiger partial charge in [0, 0.05) is 31.9 Å². The number of nitrogens with zero attached hydrogens (tertiary/aromatic N) is 5. The minimum absolute atomic E-state index is 0.711. The highest BCUT2D eigenvalue weighted by atomic mass is 15.3. The first-order chi connectivity index (χ1) is 12.3. The fourth-order valence-corrected chi connectivity index (χ4v) is 3.53. The lowest BCUT2D eigenvalue weighted by Gasteiger charge is -2.25. The van der Waals surface area contributed by atoms with Crippen LogP contribution in [0.15, 0.2) is 30.3 Å². The largest absolute Gasteiger partial charge is 0.370 e. The van der Waals surface area contributed by atoms with Gasteiger partial charge in [-0.3, -0.25) is 0 Å². The Hall–Kier alpha value is -2.61. The lowest BCUT2D eigenvalue weighted by Crippen LogP contribution is -2.32. The molecule has 1 aromatic heterocycles. The van der Waals surface area contributed by atoms with Gasteiger partial charge in [-0.25, -0.2) is 0 Å². The molecular formula is C20H25N5. The van der Waals surface area contributed by atoms with Gasteiger partial charge < -0.3 is 9.80 Å². The van der Waals surface area contributed by atoms with Crippen molar-refractivity contribution in [3.05, 3.63) is 47.2 Å². The molecule has 0 bridgehead atoms. The highest BCUT2D eigenvalue weighted by molar-refractivity contribution is 5.58. The van der Waals surface area contributed by atoms with Gasteiger partial charge in [-0.1, -0.05) is 32.0 Å². The van der Waals surface area contributed by atoms with Gasteiger partial charge in [0.25, 0.3) is 0 Å². The molecule has 1 aliphatic heterocycles. The van der Waals surface area contributed by atoms with E-state index < -0.39 is 0 Å². The van der Waals surface area contributed by atoms with E-state index in [-0.39, 0.29) is 0 Å². The Morgan fingerprint density at radius 2 is 1.68 bits per heavy atom. The zero-order valence-corrected chi connectivity index (χ0v) is 15.1. The van der Waals surface area contributed by atoms with Gasteiger partial charge in [0.05, 0.1) is 5.69 Å². The molecule has 2 aromatic rings. The molecule has 1 fully saturated rings. The van der Waals surface area contributed by atoms with Crippen LogP contribution in [0.3, 0.4) is 0 Å². The number of nitriles is 1. The summed E-state index contributed by atoms with van der Waals surface area (Å²) in [6, 6.07) is 12.9. The van der Waals surface area contributed by atoms with E-state index in [9.17, 15) is 5.26 Å². The average Bonchev–Trinajstić information content (AvgIpc) is 2.93. The van der Waals surface area contributed by atoms with Crippen LogP contribution in [0.25, 0.3) is 0 Å². The van der Waals surface area contributed by atoms with Crippen molar-refractivity contribution in [3.63, 3.8) is 0 Å². The maximum absolute atomic E-state index is 9.73. The summed E-state index contributed by atoms with van der Waals surface area (Å²) in [5.41, 5.74) is 3.97. The maximum Gasteiger partial charge on any atom is 0.169 e. The van der Waals surface area contributed by atoms with Crippen LogP contribution < -0.4 is 9.80 Å². The Balaban J connectivity index is 1.85. The molecule has 0 spiro atoms. The van der Waals surface area contributed by atoms with Crippen molar-refractivity contribution < 1.29 is 0 Å². The molecule has 1 saturated heterocycles. The van der Waals surface area contributed by atoms with Crippen LogP contribution in [0.1, 0.15) is 37.1 Å². The van der Waals surface area contributed by atoms with Crippen molar-refractivity contribution in [1.29, 1.82) is 5.26 Å². The van der Waals surface area contributed by atoms with Crippen molar-refractivity contribution >= 4 is 11.5 Å². The molecule has 2 heterocycles. The van der Waals surface area contributed by atoms with Gasteiger partial charge in [0.1, 0.15) is 11.6 Å². The van der Waals surface area contributed by atoms with E-state index >= 15 is 0 Å². The van der Waals surface area contributed by atoms with Crippen molar-refractivity contribution in [2.24, 2.45) is 0 Å². The number of anilines is 2. The van der Waals surface area contributed by atoms with Gasteiger partial charge in [-0.05, 0) is 37.0 Å². The molecule has 130 valence electrons. The smallest absolute Gasteiger partial charge is 0.169 e. The molecule has 0 radical (unpaired) electrons. The zero-order chi connectivity index (χ0) is 17.6. The van der Waals surface area contributed by atoms with E-state index in [1.54, 1.807) is 0 Å². The summed E-state index contributed by atoms with van der Waals surface area (Å²) in [5.74, 6) is 0.756. The summed E-state index contributed by atoms with van der Waals surface area (Å²) in [6.45, 7) is 7.85. The third-order valence-corrected chi connectivity index (χ3v) is 4.86. The summed E-state index contributed by atoms with van der Waals surface area (Å²) in [5, 5.41) is 18.6. The number of hydrogen-bond donors (Lipinski definition) is 0. The lowest BCUT2D eigenvalue weighted by molar-refractivity contribution is 0.768. The van der Waals surface area contributed by atoms with Crippen molar-refractivity contribution in [1.82, 2.24) is 10.2 Å². The quantitative estimate of drug-likeness (QED) is 0.859. The minimum Gasteiger partial charge on any atom is -0.370 e.